The fourth-order valence-electron chi connectivity index (χ4n) is 3.73. The Morgan fingerprint density at radius 3 is 2.35 bits per heavy atom. The molecule has 0 saturated carbocycles. The number of H-pyrrole nitrogens is 1. The summed E-state index contributed by atoms with van der Waals surface area (Å²) in [6, 6.07) is 5.88. The lowest BCUT2D eigenvalue weighted by molar-refractivity contribution is -0.137. The van der Waals surface area contributed by atoms with E-state index in [4.69, 9.17) is 0 Å². The van der Waals surface area contributed by atoms with Gasteiger partial charge >= 0.3 is 6.18 Å². The molecule has 0 radical (unpaired) electrons. The monoisotopic (exact) mass is 432 g/mol. The van der Waals surface area contributed by atoms with Crippen LogP contribution in [0.2, 0.25) is 0 Å². The molecule has 10 heteroatoms. The normalized spacial score (nSPS) is 14.8. The second-order valence-corrected chi connectivity index (χ2v) is 7.38. The minimum Gasteiger partial charge on any atom is -0.507 e. The van der Waals surface area contributed by atoms with E-state index in [-0.39, 0.29) is 17.4 Å². The van der Waals surface area contributed by atoms with E-state index in [1.54, 1.807) is 21.9 Å². The van der Waals surface area contributed by atoms with E-state index >= 15 is 0 Å². The molecule has 2 N–H and O–H groups in total. The molecule has 1 aromatic heterocycles. The number of aromatic hydroxyl groups is 1. The van der Waals surface area contributed by atoms with Gasteiger partial charge in [-0.3, -0.25) is 14.7 Å². The number of carbonyl (C=O) groups is 2. The van der Waals surface area contributed by atoms with Crippen LogP contribution in [-0.4, -0.2) is 63.1 Å². The topological polar surface area (TPSA) is 89.5 Å². The number of phenolic OH excluding ortho intramolecular Hbond substituents is 1. The zero-order valence-corrected chi connectivity index (χ0v) is 16.5. The van der Waals surface area contributed by atoms with Gasteiger partial charge in [0.05, 0.1) is 22.8 Å². The number of nitrogens with one attached hydrogen (secondary N) is 1. The van der Waals surface area contributed by atoms with Crippen molar-refractivity contribution in [2.45, 2.75) is 13.1 Å². The Labute approximate surface area is 175 Å². The Morgan fingerprint density at radius 1 is 1.06 bits per heavy atom. The van der Waals surface area contributed by atoms with Crippen molar-refractivity contribution in [2.75, 3.05) is 26.2 Å². The Morgan fingerprint density at radius 2 is 1.74 bits per heavy atom. The quantitative estimate of drug-likeness (QED) is 0.651. The number of hydrogen-bond acceptors (Lipinski definition) is 4. The maximum absolute atomic E-state index is 13.2. The van der Waals surface area contributed by atoms with E-state index in [9.17, 15) is 27.9 Å². The number of aromatic nitrogens is 2. The van der Waals surface area contributed by atoms with E-state index in [1.165, 1.54) is 19.2 Å². The van der Waals surface area contributed by atoms with Gasteiger partial charge in [0, 0.05) is 44.1 Å². The number of benzene rings is 2. The molecule has 2 amide bonds. The van der Waals surface area contributed by atoms with Crippen molar-refractivity contribution in [2.24, 2.45) is 0 Å². The minimum absolute atomic E-state index is 0.0518. The Hall–Kier alpha value is -3.56. The summed E-state index contributed by atoms with van der Waals surface area (Å²) in [5.74, 6) is -0.867. The highest BCUT2D eigenvalue weighted by molar-refractivity contribution is 6.08. The van der Waals surface area contributed by atoms with E-state index in [0.29, 0.717) is 54.3 Å². The van der Waals surface area contributed by atoms with Crippen LogP contribution < -0.4 is 0 Å². The number of amides is 2. The van der Waals surface area contributed by atoms with Gasteiger partial charge in [0.25, 0.3) is 5.91 Å². The van der Waals surface area contributed by atoms with Crippen molar-refractivity contribution in [1.29, 1.82) is 0 Å². The summed E-state index contributed by atoms with van der Waals surface area (Å²) in [6.45, 7) is 3.07. The van der Waals surface area contributed by atoms with Crippen LogP contribution in [-0.2, 0) is 11.0 Å². The van der Waals surface area contributed by atoms with Gasteiger partial charge in [0.2, 0.25) is 5.91 Å². The molecule has 3 aromatic rings. The summed E-state index contributed by atoms with van der Waals surface area (Å²) in [5, 5.41) is 17.5. The summed E-state index contributed by atoms with van der Waals surface area (Å²) in [6.07, 6.45) is -3.07. The first kappa shape index (κ1) is 20.7. The standard InChI is InChI=1S/C21H19F3N4O3/c1-12(29)27-4-6-28(7-5-27)20(31)16-8-13(9-18-17(16)11-25-26-18)15-3-2-14(10-19(15)30)21(22,23)24/h2-3,8-11,30H,4-7H2,1H3,(H,25,26). The molecule has 0 unspecified atom stereocenters. The molecule has 1 fully saturated rings. The van der Waals surface area contributed by atoms with Gasteiger partial charge in [-0.1, -0.05) is 6.07 Å². The third-order valence-electron chi connectivity index (χ3n) is 5.44. The lowest BCUT2D eigenvalue weighted by Gasteiger charge is -2.34. The van der Waals surface area contributed by atoms with Crippen molar-refractivity contribution in [1.82, 2.24) is 20.0 Å². The predicted octanol–water partition coefficient (Wildman–Crippen LogP) is 3.26. The number of aromatic amines is 1. The number of carbonyl (C=O) groups excluding carboxylic acids is 2. The molecule has 0 spiro atoms. The van der Waals surface area contributed by atoms with Crippen LogP contribution in [0, 0.1) is 0 Å². The van der Waals surface area contributed by atoms with Crippen LogP contribution in [0.15, 0.2) is 36.5 Å². The maximum atomic E-state index is 13.2. The Bertz CT molecular complexity index is 1160. The zero-order valence-electron chi connectivity index (χ0n) is 16.5. The van der Waals surface area contributed by atoms with Crippen LogP contribution in [0.4, 0.5) is 13.2 Å². The van der Waals surface area contributed by atoms with Gasteiger partial charge in [-0.15, -0.1) is 0 Å². The van der Waals surface area contributed by atoms with Gasteiger partial charge in [0.15, 0.2) is 0 Å². The van der Waals surface area contributed by atoms with Crippen LogP contribution in [0.3, 0.4) is 0 Å². The summed E-state index contributed by atoms with van der Waals surface area (Å²) in [5.41, 5.74) is 0.420. The van der Waals surface area contributed by atoms with Crippen LogP contribution >= 0.6 is 0 Å². The largest absolute Gasteiger partial charge is 0.507 e. The molecular weight excluding hydrogens is 413 g/mol. The SMILES string of the molecule is CC(=O)N1CCN(C(=O)c2cc(-c3ccc(C(F)(F)F)cc3O)cc3[nH]ncc23)CC1. The van der Waals surface area contributed by atoms with Gasteiger partial charge < -0.3 is 14.9 Å². The molecule has 2 aromatic carbocycles. The fourth-order valence-corrected chi connectivity index (χ4v) is 3.73. The van der Waals surface area contributed by atoms with Gasteiger partial charge in [-0.2, -0.15) is 18.3 Å². The smallest absolute Gasteiger partial charge is 0.416 e. The summed E-state index contributed by atoms with van der Waals surface area (Å²) in [4.78, 5) is 28.0. The number of halogens is 3. The highest BCUT2D eigenvalue weighted by atomic mass is 19.4. The summed E-state index contributed by atoms with van der Waals surface area (Å²) >= 11 is 0. The van der Waals surface area contributed by atoms with Crippen molar-refractivity contribution in [3.63, 3.8) is 0 Å². The van der Waals surface area contributed by atoms with Crippen LogP contribution in [0.5, 0.6) is 5.75 Å². The number of alkyl halides is 3. The van der Waals surface area contributed by atoms with Crippen molar-refractivity contribution < 1.29 is 27.9 Å². The van der Waals surface area contributed by atoms with Crippen molar-refractivity contribution in [3.8, 4) is 16.9 Å². The number of piperazine rings is 1. The number of nitrogens with zero attached hydrogens (tertiary/aromatic N) is 3. The van der Waals surface area contributed by atoms with Crippen molar-refractivity contribution in [3.05, 3.63) is 47.7 Å². The Balaban J connectivity index is 1.71. The molecule has 0 atom stereocenters. The summed E-state index contributed by atoms with van der Waals surface area (Å²) in [7, 11) is 0. The van der Waals surface area contributed by atoms with Gasteiger partial charge in [0.1, 0.15) is 5.75 Å². The molecule has 0 bridgehead atoms. The maximum Gasteiger partial charge on any atom is 0.416 e. The number of rotatable bonds is 2. The third kappa shape index (κ3) is 3.92. The van der Waals surface area contributed by atoms with E-state index < -0.39 is 17.5 Å². The lowest BCUT2D eigenvalue weighted by Crippen LogP contribution is -2.50. The number of fused-ring (bicyclic) bond motifs is 1. The Kier molecular flexibility index (Phi) is 5.08. The number of hydrogen-bond donors (Lipinski definition) is 2. The predicted molar refractivity (Wildman–Crippen MR) is 106 cm³/mol. The van der Waals surface area contributed by atoms with Crippen molar-refractivity contribution >= 4 is 22.7 Å². The first-order chi connectivity index (χ1) is 14.6. The average Bonchev–Trinajstić information content (AvgIpc) is 3.20. The molecule has 31 heavy (non-hydrogen) atoms. The molecule has 1 saturated heterocycles. The molecule has 7 nitrogen and oxygen atoms in total. The van der Waals surface area contributed by atoms with Crippen LogP contribution in [0.1, 0.15) is 22.8 Å². The average molecular weight is 432 g/mol. The highest BCUT2D eigenvalue weighted by Crippen LogP contribution is 2.38. The molecular formula is C21H19F3N4O3. The summed E-state index contributed by atoms with van der Waals surface area (Å²) < 4.78 is 38.8. The first-order valence-corrected chi connectivity index (χ1v) is 9.57. The minimum atomic E-state index is -4.58. The molecule has 1 aliphatic heterocycles. The molecule has 162 valence electrons. The van der Waals surface area contributed by atoms with Gasteiger partial charge in [-0.25, -0.2) is 0 Å². The first-order valence-electron chi connectivity index (χ1n) is 9.57. The van der Waals surface area contributed by atoms with E-state index in [1.807, 2.05) is 0 Å². The highest BCUT2D eigenvalue weighted by Gasteiger charge is 2.31. The second-order valence-electron chi connectivity index (χ2n) is 7.38. The van der Waals surface area contributed by atoms with E-state index in [0.717, 1.165) is 6.07 Å². The number of phenols is 1. The van der Waals surface area contributed by atoms with Gasteiger partial charge in [-0.05, 0) is 29.8 Å². The third-order valence-corrected chi connectivity index (χ3v) is 5.44. The zero-order chi connectivity index (χ0) is 22.3. The molecule has 4 rings (SSSR count). The lowest BCUT2D eigenvalue weighted by atomic mass is 9.97. The fraction of sp³-hybridized carbons (Fsp3) is 0.286. The molecule has 0 aliphatic carbocycles. The van der Waals surface area contributed by atoms with Crippen LogP contribution in [0.25, 0.3) is 22.0 Å². The molecule has 2 heterocycles. The van der Waals surface area contributed by atoms with E-state index in [2.05, 4.69) is 10.2 Å². The second kappa shape index (κ2) is 7.60. The molecule has 1 aliphatic rings.